The molecule has 42 heavy (non-hydrogen) atoms. The summed E-state index contributed by atoms with van der Waals surface area (Å²) in [5.41, 5.74) is 3.34. The van der Waals surface area contributed by atoms with Crippen LogP contribution in [0.5, 0.6) is 0 Å². The second-order valence-corrected chi connectivity index (χ2v) is 10.6. The van der Waals surface area contributed by atoms with Crippen LogP contribution in [0.2, 0.25) is 0 Å². The van der Waals surface area contributed by atoms with Crippen LogP contribution in [0.4, 0.5) is 11.6 Å². The zero-order valence-corrected chi connectivity index (χ0v) is 23.5. The monoisotopic (exact) mass is 575 g/mol. The molecule has 3 atom stereocenters. The molecule has 2 aliphatic heterocycles. The van der Waals surface area contributed by atoms with Gasteiger partial charge in [0.2, 0.25) is 11.9 Å². The van der Waals surface area contributed by atoms with Gasteiger partial charge in [0.05, 0.1) is 18.8 Å². The van der Waals surface area contributed by atoms with Crippen LogP contribution < -0.4 is 10.2 Å². The molecule has 1 amide bonds. The van der Waals surface area contributed by atoms with E-state index in [1.54, 1.807) is 24.5 Å². The minimum Gasteiger partial charge on any atom is -0.481 e. The number of aliphatic hydroxyl groups excluding tert-OH is 1. The number of aromatic nitrogens is 2. The topological polar surface area (TPSA) is 137 Å². The molecule has 3 unspecified atom stereocenters. The number of carbonyl (C=O) groups excluding carboxylic acids is 1. The number of aliphatic carboxylic acids is 1. The van der Waals surface area contributed by atoms with Crippen molar-refractivity contribution in [2.45, 2.75) is 50.8 Å². The Kier molecular flexibility index (Phi) is 10.1. The lowest BCUT2D eigenvalue weighted by molar-refractivity contribution is -0.253. The van der Waals surface area contributed by atoms with Crippen LogP contribution in [0, 0.1) is 0 Å². The summed E-state index contributed by atoms with van der Waals surface area (Å²) in [4.78, 5) is 36.2. The molecule has 3 N–H and O–H groups in total. The van der Waals surface area contributed by atoms with Gasteiger partial charge in [-0.05, 0) is 35.7 Å². The number of benzene rings is 2. The molecule has 2 saturated heterocycles. The van der Waals surface area contributed by atoms with E-state index in [0.29, 0.717) is 18.5 Å². The summed E-state index contributed by atoms with van der Waals surface area (Å²) in [6.45, 7) is 4.18. The molecule has 2 aromatic carbocycles. The van der Waals surface area contributed by atoms with Crippen LogP contribution >= 0.6 is 0 Å². The van der Waals surface area contributed by atoms with Gasteiger partial charge in [-0.15, -0.1) is 0 Å². The number of aliphatic hydroxyl groups is 1. The zero-order valence-electron chi connectivity index (χ0n) is 23.5. The number of carboxylic acids is 1. The molecule has 0 bridgehead atoms. The fourth-order valence-electron chi connectivity index (χ4n) is 5.25. The molecule has 3 heterocycles. The van der Waals surface area contributed by atoms with Crippen molar-refractivity contribution in [1.82, 2.24) is 14.9 Å². The van der Waals surface area contributed by atoms with E-state index in [1.165, 1.54) is 0 Å². The Morgan fingerprint density at radius 2 is 1.60 bits per heavy atom. The SMILES string of the molecule is O=C(O)CCCC(=O)Nc1ccc(C2OC(CN3CCN(c4ncccn4)CC3)CC(c3ccc(CO)cc3)O2)cc1. The predicted molar refractivity (Wildman–Crippen MR) is 156 cm³/mol. The fraction of sp³-hybridized carbons (Fsp3) is 0.419. The van der Waals surface area contributed by atoms with Crippen molar-refractivity contribution in [1.29, 1.82) is 0 Å². The van der Waals surface area contributed by atoms with Gasteiger partial charge >= 0.3 is 5.97 Å². The zero-order chi connectivity index (χ0) is 29.3. The smallest absolute Gasteiger partial charge is 0.303 e. The van der Waals surface area contributed by atoms with Gasteiger partial charge in [0.1, 0.15) is 0 Å². The van der Waals surface area contributed by atoms with Crippen LogP contribution in [0.15, 0.2) is 67.0 Å². The van der Waals surface area contributed by atoms with E-state index >= 15 is 0 Å². The van der Waals surface area contributed by atoms with Crippen LogP contribution in [0.25, 0.3) is 0 Å². The van der Waals surface area contributed by atoms with Crippen molar-refractivity contribution in [3.8, 4) is 0 Å². The molecule has 222 valence electrons. The summed E-state index contributed by atoms with van der Waals surface area (Å²) in [7, 11) is 0. The summed E-state index contributed by atoms with van der Waals surface area (Å²) < 4.78 is 12.9. The lowest BCUT2D eigenvalue weighted by Crippen LogP contribution is -2.50. The molecule has 0 radical (unpaired) electrons. The molecule has 0 saturated carbocycles. The van der Waals surface area contributed by atoms with Crippen LogP contribution in [-0.2, 0) is 25.7 Å². The second-order valence-electron chi connectivity index (χ2n) is 10.6. The van der Waals surface area contributed by atoms with Gasteiger partial charge in [0.25, 0.3) is 0 Å². The fourth-order valence-corrected chi connectivity index (χ4v) is 5.25. The Labute approximate surface area is 245 Å². The van der Waals surface area contributed by atoms with Crippen molar-refractivity contribution in [2.24, 2.45) is 0 Å². The molecule has 0 spiro atoms. The van der Waals surface area contributed by atoms with Crippen LogP contribution in [-0.4, -0.2) is 75.8 Å². The number of hydrogen-bond donors (Lipinski definition) is 3. The number of amides is 1. The summed E-state index contributed by atoms with van der Waals surface area (Å²) in [5.74, 6) is -0.380. The van der Waals surface area contributed by atoms with Crippen molar-refractivity contribution in [2.75, 3.05) is 42.9 Å². The van der Waals surface area contributed by atoms with E-state index in [2.05, 4.69) is 25.1 Å². The summed E-state index contributed by atoms with van der Waals surface area (Å²) in [6, 6.07) is 17.0. The third-order valence-electron chi connectivity index (χ3n) is 7.55. The van der Waals surface area contributed by atoms with Gasteiger partial charge in [-0.3, -0.25) is 14.5 Å². The van der Waals surface area contributed by atoms with E-state index in [-0.39, 0.29) is 37.6 Å². The second kappa shape index (κ2) is 14.3. The van der Waals surface area contributed by atoms with Crippen molar-refractivity contribution in [3.05, 3.63) is 83.7 Å². The largest absolute Gasteiger partial charge is 0.481 e. The Balaban J connectivity index is 1.23. The number of nitrogens with zero attached hydrogens (tertiary/aromatic N) is 4. The van der Waals surface area contributed by atoms with E-state index in [1.807, 2.05) is 42.5 Å². The number of hydrogen-bond acceptors (Lipinski definition) is 9. The summed E-state index contributed by atoms with van der Waals surface area (Å²) in [6.07, 6.45) is 3.78. The van der Waals surface area contributed by atoms with Crippen molar-refractivity contribution >= 4 is 23.5 Å². The number of carboxylic acid groups (broad SMARTS) is 1. The number of nitrogens with one attached hydrogen (secondary N) is 1. The van der Waals surface area contributed by atoms with Crippen molar-refractivity contribution in [3.63, 3.8) is 0 Å². The molecule has 3 aromatic rings. The quantitative estimate of drug-likeness (QED) is 0.311. The Bertz CT molecular complexity index is 1300. The van der Waals surface area contributed by atoms with Gasteiger partial charge < -0.3 is 29.9 Å². The van der Waals surface area contributed by atoms with E-state index < -0.39 is 12.3 Å². The highest BCUT2D eigenvalue weighted by Crippen LogP contribution is 2.38. The highest BCUT2D eigenvalue weighted by Gasteiger charge is 2.34. The maximum Gasteiger partial charge on any atom is 0.303 e. The molecular formula is C31H37N5O6. The van der Waals surface area contributed by atoms with E-state index in [4.69, 9.17) is 14.6 Å². The summed E-state index contributed by atoms with van der Waals surface area (Å²) in [5, 5.41) is 21.1. The molecule has 11 heteroatoms. The first-order valence-electron chi connectivity index (χ1n) is 14.3. The van der Waals surface area contributed by atoms with E-state index in [0.717, 1.165) is 55.4 Å². The highest BCUT2D eigenvalue weighted by molar-refractivity contribution is 5.90. The standard InChI is InChI=1S/C31H37N5O6/c37-21-22-5-7-23(8-6-22)27-19-26(20-35-15-17-36(18-16-35)31-32-13-2-14-33-31)41-30(42-27)24-9-11-25(12-10-24)34-28(38)3-1-4-29(39)40/h2,5-14,26-27,30,37H,1,3-4,15-21H2,(H,34,38)(H,39,40). The third kappa shape index (κ3) is 8.10. The molecule has 1 aromatic heterocycles. The molecule has 5 rings (SSSR count). The third-order valence-corrected chi connectivity index (χ3v) is 7.55. The lowest BCUT2D eigenvalue weighted by Gasteiger charge is -2.40. The first-order chi connectivity index (χ1) is 20.5. The van der Waals surface area contributed by atoms with Gasteiger partial charge in [-0.25, -0.2) is 9.97 Å². The van der Waals surface area contributed by atoms with Gasteiger partial charge in [0, 0.05) is 75.6 Å². The van der Waals surface area contributed by atoms with Gasteiger partial charge in [0.15, 0.2) is 6.29 Å². The number of ether oxygens (including phenoxy) is 2. The van der Waals surface area contributed by atoms with Gasteiger partial charge in [-0.1, -0.05) is 36.4 Å². The molecule has 0 aliphatic carbocycles. The molecule has 2 aliphatic rings. The maximum atomic E-state index is 12.2. The van der Waals surface area contributed by atoms with Crippen LogP contribution in [0.1, 0.15) is 54.8 Å². The average Bonchev–Trinajstić information content (AvgIpc) is 3.02. The number of piperazine rings is 1. The molecule has 11 nitrogen and oxygen atoms in total. The molecular weight excluding hydrogens is 538 g/mol. The number of carbonyl (C=O) groups is 2. The minimum absolute atomic E-state index is 0.0113. The highest BCUT2D eigenvalue weighted by atomic mass is 16.7. The number of rotatable bonds is 11. The normalized spacial score (nSPS) is 21.2. The minimum atomic E-state index is -0.912. The van der Waals surface area contributed by atoms with Crippen LogP contribution in [0.3, 0.4) is 0 Å². The first kappa shape index (κ1) is 29.6. The van der Waals surface area contributed by atoms with Gasteiger partial charge in [-0.2, -0.15) is 0 Å². The maximum absolute atomic E-state index is 12.2. The average molecular weight is 576 g/mol. The Morgan fingerprint density at radius 3 is 2.26 bits per heavy atom. The number of anilines is 2. The lowest BCUT2D eigenvalue weighted by atomic mass is 9.99. The Morgan fingerprint density at radius 1 is 0.905 bits per heavy atom. The van der Waals surface area contributed by atoms with Crippen molar-refractivity contribution < 1.29 is 29.3 Å². The molecule has 2 fully saturated rings. The summed E-state index contributed by atoms with van der Waals surface area (Å²) >= 11 is 0. The Hall–Kier alpha value is -3.90. The van der Waals surface area contributed by atoms with E-state index in [9.17, 15) is 14.7 Å². The predicted octanol–water partition coefficient (Wildman–Crippen LogP) is 3.53. The first-order valence-corrected chi connectivity index (χ1v) is 14.3.